The van der Waals surface area contributed by atoms with Gasteiger partial charge in [-0.15, -0.1) is 0 Å². The van der Waals surface area contributed by atoms with Gasteiger partial charge in [0.2, 0.25) is 5.95 Å². The van der Waals surface area contributed by atoms with Crippen LogP contribution in [-0.2, 0) is 4.74 Å². The summed E-state index contributed by atoms with van der Waals surface area (Å²) in [5.74, 6) is -0.802. The maximum atomic E-state index is 12.4. The maximum absolute atomic E-state index is 12.4. The Morgan fingerprint density at radius 2 is 2.00 bits per heavy atom. The Hall–Kier alpha value is -0.640. The summed E-state index contributed by atoms with van der Waals surface area (Å²) in [7, 11) is 0. The van der Waals surface area contributed by atoms with E-state index in [2.05, 4.69) is 0 Å². The number of morpholine rings is 1. The lowest BCUT2D eigenvalue weighted by Gasteiger charge is -2.25. The van der Waals surface area contributed by atoms with Crippen molar-refractivity contribution in [1.29, 1.82) is 0 Å². The quantitative estimate of drug-likeness (QED) is 0.517. The molecule has 0 aromatic rings. The Bertz CT molecular complexity index is 132. The summed E-state index contributed by atoms with van der Waals surface area (Å²) in [5, 5.41) is 0. The van der Waals surface area contributed by atoms with Crippen LogP contribution in [0, 0.1) is 0 Å². The molecule has 0 amide bonds. The molecule has 0 radical (unpaired) electrons. The third-order valence-electron chi connectivity index (χ3n) is 1.40. The smallest absolute Gasteiger partial charge is 0.218 e. The van der Waals surface area contributed by atoms with Crippen LogP contribution in [0.4, 0.5) is 8.78 Å². The minimum atomic E-state index is -0.802. The van der Waals surface area contributed by atoms with Crippen LogP contribution in [0.3, 0.4) is 0 Å². The van der Waals surface area contributed by atoms with Gasteiger partial charge in [0.25, 0.3) is 0 Å². The molecule has 4 heteroatoms. The maximum Gasteiger partial charge on any atom is 0.218 e. The summed E-state index contributed by atoms with van der Waals surface area (Å²) < 4.78 is 28.9. The number of ether oxygens (including phenoxy) is 1. The van der Waals surface area contributed by atoms with Crippen molar-refractivity contribution < 1.29 is 13.5 Å². The van der Waals surface area contributed by atoms with Gasteiger partial charge < -0.3 is 9.64 Å². The number of nitrogens with zero attached hydrogens (tertiary/aromatic N) is 1. The van der Waals surface area contributed by atoms with E-state index in [1.807, 2.05) is 0 Å². The van der Waals surface area contributed by atoms with Crippen LogP contribution in [0.1, 0.15) is 0 Å². The molecule has 0 aromatic carbocycles. The molecule has 1 aliphatic heterocycles. The van der Waals surface area contributed by atoms with E-state index in [1.165, 1.54) is 4.90 Å². The minimum absolute atomic E-state index is 0.0225. The van der Waals surface area contributed by atoms with Crippen molar-refractivity contribution in [3.05, 3.63) is 12.3 Å². The van der Waals surface area contributed by atoms with Crippen LogP contribution in [0.25, 0.3) is 0 Å². The molecule has 58 valence electrons. The standard InChI is InChI=1S/C6H9F2NO/c7-5-6(8)9-1-3-10-4-2-9/h5H,1-4H2/b6-5+. The second kappa shape index (κ2) is 3.51. The zero-order valence-corrected chi connectivity index (χ0v) is 5.52. The topological polar surface area (TPSA) is 12.5 Å². The van der Waals surface area contributed by atoms with Crippen LogP contribution < -0.4 is 0 Å². The summed E-state index contributed by atoms with van der Waals surface area (Å²) in [4.78, 5) is 1.31. The van der Waals surface area contributed by atoms with E-state index in [9.17, 15) is 8.78 Å². The molecular weight excluding hydrogens is 140 g/mol. The van der Waals surface area contributed by atoms with E-state index in [0.717, 1.165) is 0 Å². The SMILES string of the molecule is F/C=C(\F)N1CCOCC1. The van der Waals surface area contributed by atoms with Crippen molar-refractivity contribution in [3.63, 3.8) is 0 Å². The highest BCUT2D eigenvalue weighted by molar-refractivity contribution is 4.86. The van der Waals surface area contributed by atoms with Crippen LogP contribution in [0.15, 0.2) is 12.3 Å². The zero-order chi connectivity index (χ0) is 7.40. The minimum Gasteiger partial charge on any atom is -0.378 e. The fourth-order valence-electron chi connectivity index (χ4n) is 0.846. The molecule has 1 saturated heterocycles. The molecule has 0 spiro atoms. The van der Waals surface area contributed by atoms with Gasteiger partial charge >= 0.3 is 0 Å². The third kappa shape index (κ3) is 1.67. The number of hydrogen-bond donors (Lipinski definition) is 0. The van der Waals surface area contributed by atoms with Crippen molar-refractivity contribution in [3.8, 4) is 0 Å². The van der Waals surface area contributed by atoms with E-state index in [1.54, 1.807) is 0 Å². The lowest BCUT2D eigenvalue weighted by molar-refractivity contribution is 0.0414. The Labute approximate surface area is 58.1 Å². The van der Waals surface area contributed by atoms with Gasteiger partial charge in [-0.05, 0) is 0 Å². The molecular formula is C6H9F2NO. The van der Waals surface area contributed by atoms with Crippen molar-refractivity contribution in [2.75, 3.05) is 26.3 Å². The molecule has 0 atom stereocenters. The Morgan fingerprint density at radius 3 is 2.50 bits per heavy atom. The van der Waals surface area contributed by atoms with E-state index in [4.69, 9.17) is 4.74 Å². The summed E-state index contributed by atoms with van der Waals surface area (Å²) >= 11 is 0. The largest absolute Gasteiger partial charge is 0.378 e. The van der Waals surface area contributed by atoms with Crippen LogP contribution in [0.5, 0.6) is 0 Å². The predicted molar refractivity (Wildman–Crippen MR) is 32.7 cm³/mol. The lowest BCUT2D eigenvalue weighted by Crippen LogP contribution is -2.34. The Morgan fingerprint density at radius 1 is 1.40 bits per heavy atom. The first-order chi connectivity index (χ1) is 4.84. The molecule has 1 heterocycles. The molecule has 1 aliphatic rings. The van der Waals surface area contributed by atoms with Crippen LogP contribution >= 0.6 is 0 Å². The van der Waals surface area contributed by atoms with Crippen molar-refractivity contribution in [2.45, 2.75) is 0 Å². The molecule has 0 saturated carbocycles. The normalized spacial score (nSPS) is 21.4. The summed E-state index contributed by atoms with van der Waals surface area (Å²) in [6, 6.07) is 0. The fraction of sp³-hybridized carbons (Fsp3) is 0.667. The monoisotopic (exact) mass is 149 g/mol. The average molecular weight is 149 g/mol. The highest BCUT2D eigenvalue weighted by atomic mass is 19.2. The van der Waals surface area contributed by atoms with Gasteiger partial charge in [0.15, 0.2) is 0 Å². The highest BCUT2D eigenvalue weighted by Gasteiger charge is 2.12. The average Bonchev–Trinajstić information content (AvgIpc) is 2.05. The van der Waals surface area contributed by atoms with Crippen LogP contribution in [0.2, 0.25) is 0 Å². The molecule has 0 aromatic heterocycles. The van der Waals surface area contributed by atoms with Gasteiger partial charge in [0, 0.05) is 13.1 Å². The first kappa shape index (κ1) is 7.47. The molecule has 1 rings (SSSR count). The lowest BCUT2D eigenvalue weighted by atomic mass is 10.4. The molecule has 2 nitrogen and oxygen atoms in total. The Balaban J connectivity index is 2.39. The first-order valence-electron chi connectivity index (χ1n) is 3.13. The summed E-state index contributed by atoms with van der Waals surface area (Å²) in [5.41, 5.74) is 0. The van der Waals surface area contributed by atoms with Gasteiger partial charge in [-0.2, -0.15) is 4.39 Å². The Kier molecular flexibility index (Phi) is 2.62. The van der Waals surface area contributed by atoms with Gasteiger partial charge in [0.1, 0.15) is 6.33 Å². The zero-order valence-electron chi connectivity index (χ0n) is 5.52. The molecule has 0 N–H and O–H groups in total. The van der Waals surface area contributed by atoms with Gasteiger partial charge in [-0.1, -0.05) is 0 Å². The van der Waals surface area contributed by atoms with Gasteiger partial charge in [0.05, 0.1) is 13.2 Å². The highest BCUT2D eigenvalue weighted by Crippen LogP contribution is 2.08. The van der Waals surface area contributed by atoms with Crippen LogP contribution in [-0.4, -0.2) is 31.2 Å². The summed E-state index contributed by atoms with van der Waals surface area (Å²) in [6.07, 6.45) is -0.0225. The van der Waals surface area contributed by atoms with E-state index in [0.29, 0.717) is 26.3 Å². The van der Waals surface area contributed by atoms with Crippen molar-refractivity contribution in [1.82, 2.24) is 4.90 Å². The first-order valence-corrected chi connectivity index (χ1v) is 3.13. The predicted octanol–water partition coefficient (Wildman–Crippen LogP) is 1.06. The number of hydrogen-bond acceptors (Lipinski definition) is 2. The fourth-order valence-corrected chi connectivity index (χ4v) is 0.846. The molecule has 10 heavy (non-hydrogen) atoms. The van der Waals surface area contributed by atoms with Crippen molar-refractivity contribution >= 4 is 0 Å². The molecule has 1 fully saturated rings. The van der Waals surface area contributed by atoms with E-state index in [-0.39, 0.29) is 6.33 Å². The molecule has 0 bridgehead atoms. The molecule has 0 unspecified atom stereocenters. The van der Waals surface area contributed by atoms with Gasteiger partial charge in [-0.3, -0.25) is 0 Å². The number of rotatable bonds is 1. The van der Waals surface area contributed by atoms with E-state index < -0.39 is 5.95 Å². The number of halogens is 2. The second-order valence-electron chi connectivity index (χ2n) is 2.03. The van der Waals surface area contributed by atoms with Crippen molar-refractivity contribution in [2.24, 2.45) is 0 Å². The molecule has 0 aliphatic carbocycles. The second-order valence-corrected chi connectivity index (χ2v) is 2.03. The van der Waals surface area contributed by atoms with E-state index >= 15 is 0 Å². The summed E-state index contributed by atoms with van der Waals surface area (Å²) in [6.45, 7) is 1.82. The van der Waals surface area contributed by atoms with Gasteiger partial charge in [-0.25, -0.2) is 4.39 Å². The third-order valence-corrected chi connectivity index (χ3v) is 1.40.